The second-order valence-electron chi connectivity index (χ2n) is 2.63. The van der Waals surface area contributed by atoms with Gasteiger partial charge in [-0.2, -0.15) is 4.21 Å². The van der Waals surface area contributed by atoms with Crippen molar-refractivity contribution in [3.63, 3.8) is 0 Å². The summed E-state index contributed by atoms with van der Waals surface area (Å²) in [4.78, 5) is 0. The van der Waals surface area contributed by atoms with Crippen LogP contribution in [0.15, 0.2) is 24.3 Å². The third kappa shape index (κ3) is 4.60. The SMILES string of the molecule is O=S(O)OCc1ccccc1OC(F)(F)F. The average molecular weight is 256 g/mol. The third-order valence-corrected chi connectivity index (χ3v) is 1.83. The Labute approximate surface area is 91.5 Å². The number of hydrogen-bond acceptors (Lipinski definition) is 3. The van der Waals surface area contributed by atoms with E-state index in [-0.39, 0.29) is 5.56 Å². The van der Waals surface area contributed by atoms with Crippen molar-refractivity contribution in [2.45, 2.75) is 13.0 Å². The van der Waals surface area contributed by atoms with E-state index in [2.05, 4.69) is 8.92 Å². The highest BCUT2D eigenvalue weighted by Gasteiger charge is 2.31. The van der Waals surface area contributed by atoms with E-state index in [1.54, 1.807) is 0 Å². The molecule has 0 fully saturated rings. The summed E-state index contributed by atoms with van der Waals surface area (Å²) in [5.41, 5.74) is 0.0298. The lowest BCUT2D eigenvalue weighted by molar-refractivity contribution is -0.275. The summed E-state index contributed by atoms with van der Waals surface area (Å²) >= 11 is -2.53. The van der Waals surface area contributed by atoms with Crippen LogP contribution in [0.5, 0.6) is 5.75 Å². The van der Waals surface area contributed by atoms with Gasteiger partial charge in [0.2, 0.25) is 0 Å². The highest BCUT2D eigenvalue weighted by molar-refractivity contribution is 7.74. The molecule has 0 aliphatic heterocycles. The molecule has 0 amide bonds. The van der Waals surface area contributed by atoms with E-state index in [0.717, 1.165) is 6.07 Å². The van der Waals surface area contributed by atoms with Gasteiger partial charge in [-0.3, -0.25) is 8.74 Å². The molecule has 0 heterocycles. The molecule has 0 aliphatic rings. The van der Waals surface area contributed by atoms with E-state index >= 15 is 0 Å². The van der Waals surface area contributed by atoms with Crippen LogP contribution in [0.1, 0.15) is 5.56 Å². The lowest BCUT2D eigenvalue weighted by Gasteiger charge is -2.12. The molecule has 1 atom stereocenters. The first-order valence-electron chi connectivity index (χ1n) is 3.96. The van der Waals surface area contributed by atoms with Crippen LogP contribution >= 0.6 is 0 Å². The van der Waals surface area contributed by atoms with Crippen LogP contribution in [-0.4, -0.2) is 15.1 Å². The first-order chi connectivity index (χ1) is 7.38. The van der Waals surface area contributed by atoms with E-state index in [4.69, 9.17) is 4.55 Å². The Bertz CT molecular complexity index is 380. The molecule has 0 radical (unpaired) electrons. The van der Waals surface area contributed by atoms with Crippen molar-refractivity contribution in [1.82, 2.24) is 0 Å². The molecule has 0 aromatic heterocycles. The van der Waals surface area contributed by atoms with Crippen LogP contribution in [0.25, 0.3) is 0 Å². The minimum atomic E-state index is -4.81. The van der Waals surface area contributed by atoms with Crippen LogP contribution in [0.2, 0.25) is 0 Å². The Morgan fingerprint density at radius 1 is 1.31 bits per heavy atom. The summed E-state index contributed by atoms with van der Waals surface area (Å²) in [7, 11) is 0. The Kier molecular flexibility index (Phi) is 4.27. The number of ether oxygens (including phenoxy) is 1. The molecule has 0 aliphatic carbocycles. The normalized spacial score (nSPS) is 13.5. The Balaban J connectivity index is 2.79. The molecule has 1 aromatic rings. The average Bonchev–Trinajstić information content (AvgIpc) is 2.14. The van der Waals surface area contributed by atoms with Gasteiger partial charge in [-0.15, -0.1) is 13.2 Å². The topological polar surface area (TPSA) is 55.8 Å². The fourth-order valence-electron chi connectivity index (χ4n) is 0.961. The monoisotopic (exact) mass is 256 g/mol. The molecule has 0 bridgehead atoms. The summed E-state index contributed by atoms with van der Waals surface area (Å²) in [6, 6.07) is 5.20. The number of halogens is 3. The van der Waals surface area contributed by atoms with Gasteiger partial charge in [0.25, 0.3) is 0 Å². The van der Waals surface area contributed by atoms with Crippen molar-refractivity contribution in [3.05, 3.63) is 29.8 Å². The Morgan fingerprint density at radius 3 is 2.50 bits per heavy atom. The smallest absolute Gasteiger partial charge is 0.405 e. The number of rotatable bonds is 4. The summed E-state index contributed by atoms with van der Waals surface area (Å²) in [5, 5.41) is 0. The zero-order chi connectivity index (χ0) is 12.2. The highest BCUT2D eigenvalue weighted by atomic mass is 32.2. The maximum Gasteiger partial charge on any atom is 0.573 e. The Morgan fingerprint density at radius 2 is 1.94 bits per heavy atom. The molecular weight excluding hydrogens is 249 g/mol. The van der Waals surface area contributed by atoms with Crippen molar-refractivity contribution in [2.75, 3.05) is 0 Å². The van der Waals surface area contributed by atoms with Crippen molar-refractivity contribution >= 4 is 11.4 Å². The molecule has 8 heteroatoms. The summed E-state index contributed by atoms with van der Waals surface area (Å²) in [6.07, 6.45) is -4.81. The fourth-order valence-corrected chi connectivity index (χ4v) is 1.19. The zero-order valence-corrected chi connectivity index (χ0v) is 8.55. The third-order valence-electron chi connectivity index (χ3n) is 1.51. The van der Waals surface area contributed by atoms with E-state index in [1.807, 2.05) is 0 Å². The number of para-hydroxylation sites is 1. The van der Waals surface area contributed by atoms with Crippen LogP contribution in [0, 0.1) is 0 Å². The minimum absolute atomic E-state index is 0.0298. The van der Waals surface area contributed by atoms with Gasteiger partial charge >= 0.3 is 17.7 Å². The maximum absolute atomic E-state index is 11.9. The Hall–Kier alpha value is -1.12. The second kappa shape index (κ2) is 5.28. The maximum atomic E-state index is 11.9. The summed E-state index contributed by atoms with van der Waals surface area (Å²) in [5.74, 6) is -0.458. The molecule has 0 spiro atoms. The number of hydrogen-bond donors (Lipinski definition) is 1. The van der Waals surface area contributed by atoms with Crippen LogP contribution in [0.3, 0.4) is 0 Å². The molecule has 90 valence electrons. The lowest BCUT2D eigenvalue weighted by atomic mass is 10.2. The molecule has 4 nitrogen and oxygen atoms in total. The molecular formula is C8H7F3O4S. The first-order valence-corrected chi connectivity index (χ1v) is 4.99. The number of benzene rings is 1. The standard InChI is InChI=1S/C8H7F3O4S/c9-8(10,11)15-7-4-2-1-3-6(7)5-14-16(12)13/h1-4H,5H2,(H,12,13). The van der Waals surface area contributed by atoms with Gasteiger partial charge in [0, 0.05) is 5.56 Å². The van der Waals surface area contributed by atoms with Crippen LogP contribution < -0.4 is 4.74 Å². The molecule has 1 aromatic carbocycles. The molecule has 0 saturated heterocycles. The van der Waals surface area contributed by atoms with E-state index in [9.17, 15) is 17.4 Å². The fraction of sp³-hybridized carbons (Fsp3) is 0.250. The molecule has 1 N–H and O–H groups in total. The van der Waals surface area contributed by atoms with E-state index < -0.39 is 30.1 Å². The molecule has 1 rings (SSSR count). The van der Waals surface area contributed by atoms with Gasteiger partial charge in [0.05, 0.1) is 6.61 Å². The van der Waals surface area contributed by atoms with Gasteiger partial charge in [-0.25, -0.2) is 0 Å². The predicted molar refractivity (Wildman–Crippen MR) is 48.7 cm³/mol. The number of alkyl halides is 3. The van der Waals surface area contributed by atoms with Gasteiger partial charge in [-0.1, -0.05) is 18.2 Å². The highest BCUT2D eigenvalue weighted by Crippen LogP contribution is 2.26. The van der Waals surface area contributed by atoms with Crippen molar-refractivity contribution in [2.24, 2.45) is 0 Å². The lowest BCUT2D eigenvalue weighted by Crippen LogP contribution is -2.18. The molecule has 16 heavy (non-hydrogen) atoms. The summed E-state index contributed by atoms with van der Waals surface area (Å²) in [6.45, 7) is -0.449. The van der Waals surface area contributed by atoms with Gasteiger partial charge in [0.15, 0.2) is 0 Å². The van der Waals surface area contributed by atoms with Crippen molar-refractivity contribution in [1.29, 1.82) is 0 Å². The first kappa shape index (κ1) is 12.9. The summed E-state index contributed by atoms with van der Waals surface area (Å²) < 4.78 is 62.3. The van der Waals surface area contributed by atoms with Crippen molar-refractivity contribution in [3.8, 4) is 5.75 Å². The van der Waals surface area contributed by atoms with Crippen LogP contribution in [-0.2, 0) is 22.2 Å². The van der Waals surface area contributed by atoms with Gasteiger partial charge < -0.3 is 4.74 Å². The predicted octanol–water partition coefficient (Wildman–Crippen LogP) is 2.24. The zero-order valence-electron chi connectivity index (χ0n) is 7.73. The largest absolute Gasteiger partial charge is 0.573 e. The van der Waals surface area contributed by atoms with Gasteiger partial charge in [0.1, 0.15) is 5.75 Å². The molecule has 0 saturated carbocycles. The van der Waals surface area contributed by atoms with E-state index in [0.29, 0.717) is 0 Å². The van der Waals surface area contributed by atoms with Crippen LogP contribution in [0.4, 0.5) is 13.2 Å². The van der Waals surface area contributed by atoms with Crippen molar-refractivity contribution < 1.29 is 30.9 Å². The van der Waals surface area contributed by atoms with Gasteiger partial charge in [-0.05, 0) is 6.07 Å². The minimum Gasteiger partial charge on any atom is -0.405 e. The van der Waals surface area contributed by atoms with E-state index in [1.165, 1.54) is 18.2 Å². The second-order valence-corrected chi connectivity index (χ2v) is 3.30. The molecule has 1 unspecified atom stereocenters. The quantitative estimate of drug-likeness (QED) is 0.839.